The molecular weight excluding hydrogens is 234 g/mol. The zero-order valence-corrected chi connectivity index (χ0v) is 10.3. The van der Waals surface area contributed by atoms with E-state index in [2.05, 4.69) is 0 Å². The number of hydrogen-bond donors (Lipinski definition) is 1. The SMILES string of the molecule is CCOC(=O)C(CN)c1ccc2c(c1)OCCO2. The average molecular weight is 251 g/mol. The number of rotatable bonds is 4. The molecule has 1 aliphatic rings. The Kier molecular flexibility index (Phi) is 4.04. The number of ether oxygens (including phenoxy) is 3. The van der Waals surface area contributed by atoms with Crippen LogP contribution in [0.1, 0.15) is 18.4 Å². The molecule has 18 heavy (non-hydrogen) atoms. The molecule has 1 unspecified atom stereocenters. The summed E-state index contributed by atoms with van der Waals surface area (Å²) in [5.41, 5.74) is 6.43. The van der Waals surface area contributed by atoms with Crippen LogP contribution in [-0.2, 0) is 9.53 Å². The first-order valence-electron chi connectivity index (χ1n) is 6.02. The van der Waals surface area contributed by atoms with Crippen molar-refractivity contribution in [3.05, 3.63) is 23.8 Å². The van der Waals surface area contributed by atoms with Crippen LogP contribution in [0.2, 0.25) is 0 Å². The zero-order valence-electron chi connectivity index (χ0n) is 10.3. The monoisotopic (exact) mass is 251 g/mol. The summed E-state index contributed by atoms with van der Waals surface area (Å²) in [6.07, 6.45) is 0. The number of benzene rings is 1. The van der Waals surface area contributed by atoms with Crippen LogP contribution >= 0.6 is 0 Å². The molecule has 0 bridgehead atoms. The van der Waals surface area contributed by atoms with E-state index in [9.17, 15) is 4.79 Å². The molecule has 0 saturated carbocycles. The molecule has 0 radical (unpaired) electrons. The van der Waals surface area contributed by atoms with Crippen molar-refractivity contribution in [3.8, 4) is 11.5 Å². The normalized spacial score (nSPS) is 15.0. The molecule has 5 heteroatoms. The number of carbonyl (C=O) groups excluding carboxylic acids is 1. The number of nitrogens with two attached hydrogens (primary N) is 1. The first kappa shape index (κ1) is 12.7. The van der Waals surface area contributed by atoms with Gasteiger partial charge in [-0.05, 0) is 24.6 Å². The first-order valence-corrected chi connectivity index (χ1v) is 6.02. The van der Waals surface area contributed by atoms with Gasteiger partial charge < -0.3 is 19.9 Å². The molecule has 0 spiro atoms. The summed E-state index contributed by atoms with van der Waals surface area (Å²) in [4.78, 5) is 11.8. The van der Waals surface area contributed by atoms with E-state index in [1.165, 1.54) is 0 Å². The number of esters is 1. The molecule has 2 N–H and O–H groups in total. The van der Waals surface area contributed by atoms with Crippen LogP contribution in [0.15, 0.2) is 18.2 Å². The topological polar surface area (TPSA) is 70.8 Å². The van der Waals surface area contributed by atoms with Crippen molar-refractivity contribution >= 4 is 5.97 Å². The third-order valence-electron chi connectivity index (χ3n) is 2.78. The predicted molar refractivity (Wildman–Crippen MR) is 65.9 cm³/mol. The Hall–Kier alpha value is -1.75. The highest BCUT2D eigenvalue weighted by Crippen LogP contribution is 2.33. The van der Waals surface area contributed by atoms with Gasteiger partial charge in [0.15, 0.2) is 11.5 Å². The van der Waals surface area contributed by atoms with Crippen molar-refractivity contribution in [3.63, 3.8) is 0 Å². The van der Waals surface area contributed by atoms with Gasteiger partial charge in [-0.2, -0.15) is 0 Å². The first-order chi connectivity index (χ1) is 8.76. The van der Waals surface area contributed by atoms with Gasteiger partial charge in [-0.1, -0.05) is 6.07 Å². The third kappa shape index (κ3) is 2.56. The Morgan fingerprint density at radius 3 is 2.78 bits per heavy atom. The highest BCUT2D eigenvalue weighted by atomic mass is 16.6. The van der Waals surface area contributed by atoms with Gasteiger partial charge in [-0.25, -0.2) is 0 Å². The Morgan fingerprint density at radius 2 is 2.11 bits per heavy atom. The molecule has 1 atom stereocenters. The lowest BCUT2D eigenvalue weighted by Crippen LogP contribution is -2.24. The van der Waals surface area contributed by atoms with Crippen molar-refractivity contribution in [1.82, 2.24) is 0 Å². The molecule has 0 aromatic heterocycles. The van der Waals surface area contributed by atoms with Gasteiger partial charge in [0, 0.05) is 6.54 Å². The third-order valence-corrected chi connectivity index (χ3v) is 2.78. The van der Waals surface area contributed by atoms with Crippen molar-refractivity contribution < 1.29 is 19.0 Å². The summed E-state index contributed by atoms with van der Waals surface area (Å²) in [6, 6.07) is 5.41. The number of carbonyl (C=O) groups is 1. The minimum Gasteiger partial charge on any atom is -0.486 e. The minimum absolute atomic E-state index is 0.207. The molecule has 1 aromatic rings. The van der Waals surface area contributed by atoms with Gasteiger partial charge in [0.2, 0.25) is 0 Å². The average Bonchev–Trinajstić information content (AvgIpc) is 2.40. The second kappa shape index (κ2) is 5.73. The van der Waals surface area contributed by atoms with Crippen LogP contribution in [0.5, 0.6) is 11.5 Å². The molecule has 1 heterocycles. The summed E-state index contributed by atoms with van der Waals surface area (Å²) in [5, 5.41) is 0. The van der Waals surface area contributed by atoms with Crippen LogP contribution in [0, 0.1) is 0 Å². The standard InChI is InChI=1S/C13H17NO4/c1-2-16-13(15)10(8-14)9-3-4-11-12(7-9)18-6-5-17-11/h3-4,7,10H,2,5-6,8,14H2,1H3. The van der Waals surface area contributed by atoms with Crippen LogP contribution in [0.25, 0.3) is 0 Å². The molecule has 0 saturated heterocycles. The molecule has 98 valence electrons. The van der Waals surface area contributed by atoms with Gasteiger partial charge in [0.25, 0.3) is 0 Å². The predicted octanol–water partition coefficient (Wildman–Crippen LogP) is 1.06. The van der Waals surface area contributed by atoms with Crippen LogP contribution in [0.4, 0.5) is 0 Å². The maximum absolute atomic E-state index is 11.8. The van der Waals surface area contributed by atoms with E-state index in [4.69, 9.17) is 19.9 Å². The van der Waals surface area contributed by atoms with E-state index in [0.717, 1.165) is 5.56 Å². The minimum atomic E-state index is -0.458. The second-order valence-electron chi connectivity index (χ2n) is 3.94. The van der Waals surface area contributed by atoms with Gasteiger partial charge in [0.05, 0.1) is 12.5 Å². The lowest BCUT2D eigenvalue weighted by atomic mass is 9.99. The van der Waals surface area contributed by atoms with Crippen LogP contribution < -0.4 is 15.2 Å². The summed E-state index contributed by atoms with van der Waals surface area (Å²) in [7, 11) is 0. The smallest absolute Gasteiger partial charge is 0.314 e. The summed E-state index contributed by atoms with van der Waals surface area (Å²) >= 11 is 0. The number of fused-ring (bicyclic) bond motifs is 1. The van der Waals surface area contributed by atoms with Crippen molar-refractivity contribution in [1.29, 1.82) is 0 Å². The van der Waals surface area contributed by atoms with E-state index < -0.39 is 5.92 Å². The fraction of sp³-hybridized carbons (Fsp3) is 0.462. The fourth-order valence-electron chi connectivity index (χ4n) is 1.89. The van der Waals surface area contributed by atoms with Crippen molar-refractivity contribution in [2.24, 2.45) is 5.73 Å². The summed E-state index contributed by atoms with van der Waals surface area (Å²) < 4.78 is 15.9. The van der Waals surface area contributed by atoms with E-state index >= 15 is 0 Å². The molecule has 0 amide bonds. The van der Waals surface area contributed by atoms with Crippen LogP contribution in [-0.4, -0.2) is 32.3 Å². The lowest BCUT2D eigenvalue weighted by molar-refractivity contribution is -0.144. The van der Waals surface area contributed by atoms with E-state index in [0.29, 0.717) is 31.3 Å². The lowest BCUT2D eigenvalue weighted by Gasteiger charge is -2.20. The van der Waals surface area contributed by atoms with Crippen LogP contribution in [0.3, 0.4) is 0 Å². The Bertz CT molecular complexity index is 433. The highest BCUT2D eigenvalue weighted by Gasteiger charge is 2.22. The molecular formula is C13H17NO4. The van der Waals surface area contributed by atoms with Crippen molar-refractivity contribution in [2.45, 2.75) is 12.8 Å². The van der Waals surface area contributed by atoms with Gasteiger partial charge in [0.1, 0.15) is 13.2 Å². The van der Waals surface area contributed by atoms with E-state index in [1.807, 2.05) is 6.07 Å². The molecule has 2 rings (SSSR count). The fourth-order valence-corrected chi connectivity index (χ4v) is 1.89. The van der Waals surface area contributed by atoms with Gasteiger partial charge in [-0.3, -0.25) is 4.79 Å². The van der Waals surface area contributed by atoms with Crippen molar-refractivity contribution in [2.75, 3.05) is 26.4 Å². The Balaban J connectivity index is 2.23. The summed E-state index contributed by atoms with van der Waals surface area (Å²) in [6.45, 7) is 3.39. The maximum Gasteiger partial charge on any atom is 0.314 e. The highest BCUT2D eigenvalue weighted by molar-refractivity contribution is 5.78. The zero-order chi connectivity index (χ0) is 13.0. The van der Waals surface area contributed by atoms with Gasteiger partial charge >= 0.3 is 5.97 Å². The molecule has 0 aliphatic carbocycles. The van der Waals surface area contributed by atoms with E-state index in [-0.39, 0.29) is 12.5 Å². The maximum atomic E-state index is 11.8. The van der Waals surface area contributed by atoms with E-state index in [1.54, 1.807) is 19.1 Å². The largest absolute Gasteiger partial charge is 0.486 e. The van der Waals surface area contributed by atoms with Gasteiger partial charge in [-0.15, -0.1) is 0 Å². The summed E-state index contributed by atoms with van der Waals surface area (Å²) in [5.74, 6) is 0.587. The molecule has 5 nitrogen and oxygen atoms in total. The Morgan fingerprint density at radius 1 is 1.39 bits per heavy atom. The molecule has 1 aromatic carbocycles. The number of hydrogen-bond acceptors (Lipinski definition) is 5. The molecule has 0 fully saturated rings. The Labute approximate surface area is 106 Å². The molecule has 1 aliphatic heterocycles. The second-order valence-corrected chi connectivity index (χ2v) is 3.94. The quantitative estimate of drug-likeness (QED) is 0.810.